The van der Waals surface area contributed by atoms with Crippen LogP contribution in [-0.4, -0.2) is 19.7 Å². The number of ether oxygens (including phenoxy) is 2. The minimum atomic E-state index is -0.336. The molecular formula is C17H19NO3. The summed E-state index contributed by atoms with van der Waals surface area (Å²) in [6.07, 6.45) is 0. The van der Waals surface area contributed by atoms with Gasteiger partial charge >= 0.3 is 5.97 Å². The molecule has 2 aromatic rings. The van der Waals surface area contributed by atoms with E-state index in [1.165, 1.54) is 0 Å². The van der Waals surface area contributed by atoms with E-state index < -0.39 is 0 Å². The Morgan fingerprint density at radius 1 is 1.14 bits per heavy atom. The number of hydrogen-bond donors (Lipinski definition) is 1. The molecule has 4 heteroatoms. The molecule has 0 heterocycles. The maximum absolute atomic E-state index is 11.8. The topological polar surface area (TPSA) is 61.5 Å². The lowest BCUT2D eigenvalue weighted by atomic mass is 9.98. The Balaban J connectivity index is 2.28. The third-order valence-corrected chi connectivity index (χ3v) is 3.21. The molecule has 0 radical (unpaired) electrons. The summed E-state index contributed by atoms with van der Waals surface area (Å²) in [7, 11) is 1.62. The van der Waals surface area contributed by atoms with E-state index in [1.807, 2.05) is 36.4 Å². The zero-order valence-corrected chi connectivity index (χ0v) is 12.2. The van der Waals surface area contributed by atoms with E-state index >= 15 is 0 Å². The monoisotopic (exact) mass is 285 g/mol. The van der Waals surface area contributed by atoms with E-state index in [2.05, 4.69) is 0 Å². The van der Waals surface area contributed by atoms with Crippen molar-refractivity contribution in [2.75, 3.05) is 13.7 Å². The molecular weight excluding hydrogens is 266 g/mol. The second kappa shape index (κ2) is 6.90. The van der Waals surface area contributed by atoms with Gasteiger partial charge in [0.05, 0.1) is 25.3 Å². The molecule has 1 atom stereocenters. The molecule has 0 aliphatic carbocycles. The molecule has 0 spiro atoms. The minimum Gasteiger partial charge on any atom is -0.497 e. The van der Waals surface area contributed by atoms with Crippen LogP contribution in [0.15, 0.2) is 48.5 Å². The van der Waals surface area contributed by atoms with E-state index in [1.54, 1.807) is 26.2 Å². The molecule has 0 bridgehead atoms. The lowest BCUT2D eigenvalue weighted by Crippen LogP contribution is -2.13. The Morgan fingerprint density at radius 3 is 2.48 bits per heavy atom. The van der Waals surface area contributed by atoms with Gasteiger partial charge in [-0.25, -0.2) is 4.79 Å². The number of carbonyl (C=O) groups excluding carboxylic acids is 1. The fourth-order valence-electron chi connectivity index (χ4n) is 2.10. The highest BCUT2D eigenvalue weighted by Crippen LogP contribution is 2.24. The summed E-state index contributed by atoms with van der Waals surface area (Å²) in [4.78, 5) is 11.8. The molecule has 0 amide bonds. The first kappa shape index (κ1) is 15.1. The van der Waals surface area contributed by atoms with Crippen molar-refractivity contribution in [3.8, 4) is 5.75 Å². The summed E-state index contributed by atoms with van der Waals surface area (Å²) < 4.78 is 10.2. The van der Waals surface area contributed by atoms with Crippen molar-refractivity contribution >= 4 is 5.97 Å². The summed E-state index contributed by atoms with van der Waals surface area (Å²) in [5.41, 5.74) is 8.56. The quantitative estimate of drug-likeness (QED) is 0.858. The van der Waals surface area contributed by atoms with Crippen LogP contribution in [0.2, 0.25) is 0 Å². The van der Waals surface area contributed by atoms with Gasteiger partial charge in [-0.1, -0.05) is 24.3 Å². The van der Waals surface area contributed by atoms with Crippen LogP contribution in [0.3, 0.4) is 0 Å². The molecule has 0 unspecified atom stereocenters. The third kappa shape index (κ3) is 3.61. The average Bonchev–Trinajstić information content (AvgIpc) is 2.54. The standard InChI is InChI=1S/C17H19NO3/c1-3-21-17(19)14-8-4-6-12(10-14)16(18)13-7-5-9-15(11-13)20-2/h4-11,16H,3,18H2,1-2H3/t16-/m1/s1. The lowest BCUT2D eigenvalue weighted by Gasteiger charge is -2.14. The Bertz CT molecular complexity index is 625. The van der Waals surface area contributed by atoms with Gasteiger partial charge in [0.25, 0.3) is 0 Å². The van der Waals surface area contributed by atoms with Gasteiger partial charge < -0.3 is 15.2 Å². The van der Waals surface area contributed by atoms with Crippen molar-refractivity contribution < 1.29 is 14.3 Å². The van der Waals surface area contributed by atoms with Gasteiger partial charge in [0.2, 0.25) is 0 Å². The van der Waals surface area contributed by atoms with Crippen molar-refractivity contribution in [3.63, 3.8) is 0 Å². The number of esters is 1. The largest absolute Gasteiger partial charge is 0.497 e. The molecule has 0 aliphatic rings. The number of carbonyl (C=O) groups is 1. The number of methoxy groups -OCH3 is 1. The number of hydrogen-bond acceptors (Lipinski definition) is 4. The molecule has 2 rings (SSSR count). The molecule has 0 saturated heterocycles. The first-order valence-electron chi connectivity index (χ1n) is 6.82. The Hall–Kier alpha value is -2.33. The summed E-state index contributed by atoms with van der Waals surface area (Å²) >= 11 is 0. The van der Waals surface area contributed by atoms with Gasteiger partial charge in [-0.15, -0.1) is 0 Å². The first-order valence-corrected chi connectivity index (χ1v) is 6.82. The molecule has 21 heavy (non-hydrogen) atoms. The zero-order chi connectivity index (χ0) is 15.2. The van der Waals surface area contributed by atoms with Crippen molar-refractivity contribution in [3.05, 3.63) is 65.2 Å². The fraction of sp³-hybridized carbons (Fsp3) is 0.235. The summed E-state index contributed by atoms with van der Waals surface area (Å²) in [5.74, 6) is 0.418. The van der Waals surface area contributed by atoms with Crippen molar-refractivity contribution in [2.24, 2.45) is 5.73 Å². The smallest absolute Gasteiger partial charge is 0.338 e. The highest BCUT2D eigenvalue weighted by molar-refractivity contribution is 5.89. The number of benzene rings is 2. The third-order valence-electron chi connectivity index (χ3n) is 3.21. The van der Waals surface area contributed by atoms with Crippen LogP contribution in [0.1, 0.15) is 34.5 Å². The summed E-state index contributed by atoms with van der Waals surface area (Å²) in [6.45, 7) is 2.13. The Labute approximate surface area is 124 Å². The SMILES string of the molecule is CCOC(=O)c1cccc([C@@H](N)c2cccc(OC)c2)c1. The van der Waals surface area contributed by atoms with Crippen LogP contribution in [0, 0.1) is 0 Å². The second-order valence-corrected chi connectivity index (χ2v) is 4.60. The number of nitrogens with two attached hydrogens (primary N) is 1. The molecule has 0 saturated carbocycles. The zero-order valence-electron chi connectivity index (χ0n) is 12.2. The molecule has 110 valence electrons. The van der Waals surface area contributed by atoms with Crippen molar-refractivity contribution in [2.45, 2.75) is 13.0 Å². The molecule has 4 nitrogen and oxygen atoms in total. The molecule has 0 aliphatic heterocycles. The van der Waals surface area contributed by atoms with Gasteiger partial charge in [0.1, 0.15) is 5.75 Å². The Morgan fingerprint density at radius 2 is 1.81 bits per heavy atom. The fourth-order valence-corrected chi connectivity index (χ4v) is 2.10. The van der Waals surface area contributed by atoms with Gasteiger partial charge in [-0.3, -0.25) is 0 Å². The number of rotatable bonds is 5. The maximum atomic E-state index is 11.8. The predicted molar refractivity (Wildman–Crippen MR) is 81.4 cm³/mol. The lowest BCUT2D eigenvalue weighted by molar-refractivity contribution is 0.0526. The van der Waals surface area contributed by atoms with E-state index in [0.29, 0.717) is 12.2 Å². The molecule has 2 N–H and O–H groups in total. The van der Waals surface area contributed by atoms with Crippen molar-refractivity contribution in [1.29, 1.82) is 0 Å². The predicted octanol–water partition coefficient (Wildman–Crippen LogP) is 2.92. The van der Waals surface area contributed by atoms with E-state index in [9.17, 15) is 4.79 Å². The minimum absolute atomic E-state index is 0.325. The van der Waals surface area contributed by atoms with Gasteiger partial charge in [-0.2, -0.15) is 0 Å². The van der Waals surface area contributed by atoms with Crippen LogP contribution in [0.5, 0.6) is 5.75 Å². The van der Waals surface area contributed by atoms with Gasteiger partial charge in [-0.05, 0) is 42.3 Å². The normalized spacial score (nSPS) is 11.8. The maximum Gasteiger partial charge on any atom is 0.338 e. The van der Waals surface area contributed by atoms with E-state index in [0.717, 1.165) is 16.9 Å². The van der Waals surface area contributed by atoms with Crippen LogP contribution in [0.25, 0.3) is 0 Å². The van der Waals surface area contributed by atoms with Crippen LogP contribution >= 0.6 is 0 Å². The highest BCUT2D eigenvalue weighted by atomic mass is 16.5. The second-order valence-electron chi connectivity index (χ2n) is 4.60. The molecule has 0 aromatic heterocycles. The average molecular weight is 285 g/mol. The van der Waals surface area contributed by atoms with Gasteiger partial charge in [0.15, 0.2) is 0 Å². The molecule has 2 aromatic carbocycles. The Kier molecular flexibility index (Phi) is 4.95. The van der Waals surface area contributed by atoms with Crippen LogP contribution in [-0.2, 0) is 4.74 Å². The van der Waals surface area contributed by atoms with Crippen LogP contribution in [0.4, 0.5) is 0 Å². The van der Waals surface area contributed by atoms with Crippen molar-refractivity contribution in [1.82, 2.24) is 0 Å². The van der Waals surface area contributed by atoms with Gasteiger partial charge in [0, 0.05) is 0 Å². The van der Waals surface area contributed by atoms with Crippen LogP contribution < -0.4 is 10.5 Å². The molecule has 0 fully saturated rings. The van der Waals surface area contributed by atoms with E-state index in [-0.39, 0.29) is 12.0 Å². The first-order chi connectivity index (χ1) is 10.2. The highest BCUT2D eigenvalue weighted by Gasteiger charge is 2.13. The van der Waals surface area contributed by atoms with E-state index in [4.69, 9.17) is 15.2 Å². The summed E-state index contributed by atoms with van der Waals surface area (Å²) in [5, 5.41) is 0. The summed E-state index contributed by atoms with van der Waals surface area (Å²) in [6, 6.07) is 14.5.